The highest BCUT2D eigenvalue weighted by Gasteiger charge is 2.10. The van der Waals surface area contributed by atoms with Crippen LogP contribution in [-0.2, 0) is 6.54 Å². The first-order valence-corrected chi connectivity index (χ1v) is 5.33. The molecule has 0 unspecified atom stereocenters. The number of aryl methyl sites for hydroxylation is 1. The van der Waals surface area contributed by atoms with E-state index in [1.54, 1.807) is 6.07 Å². The number of rotatable bonds is 3. The van der Waals surface area contributed by atoms with Crippen LogP contribution in [0.15, 0.2) is 22.7 Å². The fourth-order valence-electron chi connectivity index (χ4n) is 1.46. The van der Waals surface area contributed by atoms with Crippen molar-refractivity contribution in [1.82, 2.24) is 15.0 Å². The highest BCUT2D eigenvalue weighted by molar-refractivity contribution is 5.57. The summed E-state index contributed by atoms with van der Waals surface area (Å²) >= 11 is 0. The smallest absolute Gasteiger partial charge is 0.258 e. The van der Waals surface area contributed by atoms with Crippen LogP contribution in [-0.4, -0.2) is 34.2 Å². The largest absolute Gasteiger partial charge is 0.508 e. The van der Waals surface area contributed by atoms with Gasteiger partial charge in [0.05, 0.1) is 6.54 Å². The second-order valence-electron chi connectivity index (χ2n) is 4.25. The number of hydrogen-bond donors (Lipinski definition) is 1. The lowest BCUT2D eigenvalue weighted by atomic mass is 10.1. The molecule has 90 valence electrons. The molecule has 5 nitrogen and oxygen atoms in total. The minimum absolute atomic E-state index is 0.231. The highest BCUT2D eigenvalue weighted by Crippen LogP contribution is 2.24. The van der Waals surface area contributed by atoms with Crippen LogP contribution >= 0.6 is 0 Å². The molecule has 1 N–H and O–H groups in total. The first-order valence-electron chi connectivity index (χ1n) is 5.33. The Labute approximate surface area is 99.7 Å². The Morgan fingerprint density at radius 3 is 2.76 bits per heavy atom. The molecular formula is C12H15N3O2. The van der Waals surface area contributed by atoms with Crippen molar-refractivity contribution >= 4 is 0 Å². The van der Waals surface area contributed by atoms with E-state index >= 15 is 0 Å². The molecule has 0 aliphatic rings. The Morgan fingerprint density at radius 1 is 1.35 bits per heavy atom. The van der Waals surface area contributed by atoms with Gasteiger partial charge in [-0.1, -0.05) is 11.2 Å². The summed E-state index contributed by atoms with van der Waals surface area (Å²) in [5.41, 5.74) is 1.55. The standard InChI is InChI=1S/C12H15N3O2/c1-8-4-5-9(6-10(8)16)12-13-11(14-17-12)7-15(2)3/h4-6,16H,7H2,1-3H3. The summed E-state index contributed by atoms with van der Waals surface area (Å²) in [4.78, 5) is 6.22. The van der Waals surface area contributed by atoms with Crippen molar-refractivity contribution in [1.29, 1.82) is 0 Å². The first kappa shape index (κ1) is 11.6. The zero-order valence-electron chi connectivity index (χ0n) is 10.1. The normalized spacial score (nSPS) is 11.1. The van der Waals surface area contributed by atoms with Crippen molar-refractivity contribution in [3.8, 4) is 17.2 Å². The first-order chi connectivity index (χ1) is 8.06. The molecule has 5 heteroatoms. The van der Waals surface area contributed by atoms with Gasteiger partial charge in [-0.15, -0.1) is 0 Å². The second-order valence-corrected chi connectivity index (χ2v) is 4.25. The summed E-state index contributed by atoms with van der Waals surface area (Å²) in [6, 6.07) is 5.30. The quantitative estimate of drug-likeness (QED) is 0.876. The van der Waals surface area contributed by atoms with Crippen LogP contribution in [0.25, 0.3) is 11.5 Å². The maximum atomic E-state index is 9.62. The average Bonchev–Trinajstić information content (AvgIpc) is 2.69. The predicted octanol–water partition coefficient (Wildman–Crippen LogP) is 1.81. The number of benzene rings is 1. The molecule has 17 heavy (non-hydrogen) atoms. The van der Waals surface area contributed by atoms with Gasteiger partial charge < -0.3 is 14.5 Å². The second kappa shape index (κ2) is 4.55. The van der Waals surface area contributed by atoms with Gasteiger partial charge in [0.25, 0.3) is 5.89 Å². The molecule has 1 aromatic heterocycles. The summed E-state index contributed by atoms with van der Waals surface area (Å²) in [5, 5.41) is 13.5. The van der Waals surface area contributed by atoms with E-state index in [0.717, 1.165) is 11.1 Å². The minimum atomic E-state index is 0.231. The number of phenolic OH excluding ortho intramolecular Hbond substituents is 1. The van der Waals surface area contributed by atoms with E-state index in [1.165, 1.54) is 0 Å². The van der Waals surface area contributed by atoms with E-state index < -0.39 is 0 Å². The zero-order valence-corrected chi connectivity index (χ0v) is 10.1. The van der Waals surface area contributed by atoms with Crippen LogP contribution in [0.5, 0.6) is 5.75 Å². The van der Waals surface area contributed by atoms with Gasteiger partial charge in [0.2, 0.25) is 0 Å². The Bertz CT molecular complexity index is 520. The Hall–Kier alpha value is -1.88. The number of aromatic nitrogens is 2. The van der Waals surface area contributed by atoms with Crippen LogP contribution in [0.1, 0.15) is 11.4 Å². The molecule has 0 saturated carbocycles. The van der Waals surface area contributed by atoms with Crippen molar-refractivity contribution in [2.75, 3.05) is 14.1 Å². The molecular weight excluding hydrogens is 218 g/mol. The van der Waals surface area contributed by atoms with Gasteiger partial charge in [-0.2, -0.15) is 4.98 Å². The van der Waals surface area contributed by atoms with E-state index in [4.69, 9.17) is 4.52 Å². The minimum Gasteiger partial charge on any atom is -0.508 e. The monoisotopic (exact) mass is 233 g/mol. The molecule has 2 aromatic rings. The molecule has 0 saturated heterocycles. The fourth-order valence-corrected chi connectivity index (χ4v) is 1.46. The van der Waals surface area contributed by atoms with Gasteiger partial charge in [-0.05, 0) is 38.7 Å². The summed E-state index contributed by atoms with van der Waals surface area (Å²) in [5.74, 6) is 1.29. The molecule has 0 fully saturated rings. The Morgan fingerprint density at radius 2 is 2.12 bits per heavy atom. The van der Waals surface area contributed by atoms with Gasteiger partial charge in [-0.25, -0.2) is 0 Å². The Balaban J connectivity index is 2.27. The van der Waals surface area contributed by atoms with Crippen molar-refractivity contribution in [2.45, 2.75) is 13.5 Å². The molecule has 0 bridgehead atoms. The van der Waals surface area contributed by atoms with Crippen LogP contribution in [0.3, 0.4) is 0 Å². The lowest BCUT2D eigenvalue weighted by Crippen LogP contribution is -2.11. The van der Waals surface area contributed by atoms with Crippen LogP contribution in [0, 0.1) is 6.92 Å². The van der Waals surface area contributed by atoms with E-state index in [9.17, 15) is 5.11 Å². The van der Waals surface area contributed by atoms with Gasteiger partial charge in [0, 0.05) is 5.56 Å². The summed E-state index contributed by atoms with van der Waals surface area (Å²) < 4.78 is 5.15. The van der Waals surface area contributed by atoms with Gasteiger partial charge >= 0.3 is 0 Å². The molecule has 1 heterocycles. The maximum Gasteiger partial charge on any atom is 0.258 e. The van der Waals surface area contributed by atoms with Crippen LogP contribution < -0.4 is 0 Å². The number of aromatic hydroxyl groups is 1. The third kappa shape index (κ3) is 2.62. The molecule has 0 amide bonds. The van der Waals surface area contributed by atoms with Crippen molar-refractivity contribution in [3.05, 3.63) is 29.6 Å². The van der Waals surface area contributed by atoms with Gasteiger partial charge in [0.1, 0.15) is 5.75 Å². The van der Waals surface area contributed by atoms with Gasteiger partial charge in [0.15, 0.2) is 5.82 Å². The number of hydrogen-bond acceptors (Lipinski definition) is 5. The van der Waals surface area contributed by atoms with Crippen molar-refractivity contribution in [2.24, 2.45) is 0 Å². The summed E-state index contributed by atoms with van der Waals surface area (Å²) in [7, 11) is 3.88. The van der Waals surface area contributed by atoms with Crippen LogP contribution in [0.4, 0.5) is 0 Å². The topological polar surface area (TPSA) is 62.4 Å². The maximum absolute atomic E-state index is 9.62. The van der Waals surface area contributed by atoms with Gasteiger partial charge in [-0.3, -0.25) is 0 Å². The predicted molar refractivity (Wildman–Crippen MR) is 63.5 cm³/mol. The van der Waals surface area contributed by atoms with E-state index in [0.29, 0.717) is 18.3 Å². The molecule has 0 atom stereocenters. The molecule has 0 radical (unpaired) electrons. The molecule has 0 spiro atoms. The highest BCUT2D eigenvalue weighted by atomic mass is 16.5. The summed E-state index contributed by atoms with van der Waals surface area (Å²) in [6.07, 6.45) is 0. The Kier molecular flexibility index (Phi) is 3.10. The fraction of sp³-hybridized carbons (Fsp3) is 0.333. The molecule has 0 aliphatic carbocycles. The SMILES string of the molecule is Cc1ccc(-c2nc(CN(C)C)no2)cc1O. The lowest BCUT2D eigenvalue weighted by molar-refractivity contribution is 0.365. The third-order valence-electron chi connectivity index (χ3n) is 2.38. The third-order valence-corrected chi connectivity index (χ3v) is 2.38. The van der Waals surface area contributed by atoms with Crippen LogP contribution in [0.2, 0.25) is 0 Å². The van der Waals surface area contributed by atoms with Crippen molar-refractivity contribution in [3.63, 3.8) is 0 Å². The van der Waals surface area contributed by atoms with E-state index in [2.05, 4.69) is 10.1 Å². The van der Waals surface area contributed by atoms with Crippen molar-refractivity contribution < 1.29 is 9.63 Å². The number of phenols is 1. The van der Waals surface area contributed by atoms with E-state index in [-0.39, 0.29) is 5.75 Å². The molecule has 0 aliphatic heterocycles. The summed E-state index contributed by atoms with van der Waals surface area (Å²) in [6.45, 7) is 2.46. The van der Waals surface area contributed by atoms with E-state index in [1.807, 2.05) is 38.1 Å². The molecule has 2 rings (SSSR count). The number of nitrogens with zero attached hydrogens (tertiary/aromatic N) is 3. The zero-order chi connectivity index (χ0) is 12.4. The lowest BCUT2D eigenvalue weighted by Gasteiger charge is -2.03. The molecule has 1 aromatic carbocycles. The average molecular weight is 233 g/mol.